The Labute approximate surface area is 234 Å². The minimum Gasteiger partial charge on any atom is -0.294 e. The molecule has 9 rings (SSSR count). The molecule has 0 saturated heterocycles. The van der Waals surface area contributed by atoms with E-state index in [-0.39, 0.29) is 0 Å². The number of fused-ring (bicyclic) bond motifs is 7. The van der Waals surface area contributed by atoms with Crippen molar-refractivity contribution in [2.75, 3.05) is 0 Å². The van der Waals surface area contributed by atoms with Gasteiger partial charge in [0.2, 0.25) is 5.65 Å². The molecule has 9 aromatic rings. The quantitative estimate of drug-likeness (QED) is 0.197. The van der Waals surface area contributed by atoms with E-state index in [4.69, 9.17) is 9.97 Å². The normalized spacial score (nSPS) is 12.0. The topological polar surface area (TPSA) is 49.4 Å². The largest absolute Gasteiger partial charge is 0.294 e. The summed E-state index contributed by atoms with van der Waals surface area (Å²) >= 11 is 0. The number of aromatic nitrogens is 7. The van der Waals surface area contributed by atoms with Crippen molar-refractivity contribution in [3.05, 3.63) is 128 Å². The summed E-state index contributed by atoms with van der Waals surface area (Å²) in [7, 11) is 1.99. The van der Waals surface area contributed by atoms with Crippen molar-refractivity contribution < 1.29 is 4.79 Å². The summed E-state index contributed by atoms with van der Waals surface area (Å²) in [6.45, 7) is 0. The van der Waals surface area contributed by atoms with E-state index in [0.717, 1.165) is 55.6 Å². The van der Waals surface area contributed by atoms with Crippen molar-refractivity contribution in [2.45, 2.75) is 0 Å². The SMILES string of the molecule is Cn1cc[c-][n+]1-n1ccc2ccc(-n3c4ccccc4c4ccc(-n5c6ccccc6c6ccccc65)nc43)nc21. The van der Waals surface area contributed by atoms with Crippen molar-refractivity contribution >= 4 is 54.8 Å². The highest BCUT2D eigenvalue weighted by molar-refractivity contribution is 6.10. The Morgan fingerprint density at radius 1 is 0.561 bits per heavy atom. The van der Waals surface area contributed by atoms with Gasteiger partial charge in [-0.2, -0.15) is 0 Å². The molecule has 0 aliphatic rings. The van der Waals surface area contributed by atoms with Crippen LogP contribution in [0.25, 0.3) is 66.4 Å². The average Bonchev–Trinajstić information content (AvgIpc) is 3.78. The monoisotopic (exact) mass is 529 g/mol. The Bertz CT molecular complexity index is 2400. The van der Waals surface area contributed by atoms with Gasteiger partial charge in [0.15, 0.2) is 0 Å². The molecule has 6 heterocycles. The molecule has 0 unspecified atom stereocenters. The van der Waals surface area contributed by atoms with Crippen LogP contribution in [0.1, 0.15) is 0 Å². The standard InChI is InChI=1S/C34H23N7/c1-37-20-8-21-39(37)38-22-19-23-15-17-32(35-33(23)38)41-30-14-7-4-11-26(30)27-16-18-31(36-34(27)41)40-28-12-5-2-9-24(28)25-10-3-6-13-29(25)40/h2-20,22H,1H3. The van der Waals surface area contributed by atoms with Crippen LogP contribution in [0.3, 0.4) is 0 Å². The molecule has 0 bridgehead atoms. The first-order chi connectivity index (χ1) is 20.3. The predicted molar refractivity (Wildman–Crippen MR) is 161 cm³/mol. The summed E-state index contributed by atoms with van der Waals surface area (Å²) in [6.07, 6.45) is 7.22. The second kappa shape index (κ2) is 8.16. The van der Waals surface area contributed by atoms with Crippen LogP contribution in [0.4, 0.5) is 0 Å². The van der Waals surface area contributed by atoms with Crippen molar-refractivity contribution in [1.82, 2.24) is 28.5 Å². The van der Waals surface area contributed by atoms with Crippen LogP contribution in [-0.4, -0.2) is 28.5 Å². The number of hydrogen-bond donors (Lipinski definition) is 0. The number of benzene rings is 3. The number of aryl methyl sites for hydroxylation is 1. The molecule has 0 atom stereocenters. The molecular formula is C34H23N7. The highest BCUT2D eigenvalue weighted by Crippen LogP contribution is 2.35. The molecule has 0 aliphatic carbocycles. The lowest BCUT2D eigenvalue weighted by Crippen LogP contribution is -2.47. The lowest BCUT2D eigenvalue weighted by atomic mass is 10.2. The molecule has 6 aromatic heterocycles. The van der Waals surface area contributed by atoms with E-state index < -0.39 is 0 Å². The van der Waals surface area contributed by atoms with Crippen LogP contribution in [0.15, 0.2) is 122 Å². The zero-order valence-corrected chi connectivity index (χ0v) is 22.2. The summed E-state index contributed by atoms with van der Waals surface area (Å²) in [5, 5.41) is 5.72. The predicted octanol–water partition coefficient (Wildman–Crippen LogP) is 6.36. The third-order valence-corrected chi connectivity index (χ3v) is 8.03. The zero-order chi connectivity index (χ0) is 27.1. The minimum absolute atomic E-state index is 0.810. The van der Waals surface area contributed by atoms with Gasteiger partial charge >= 0.3 is 0 Å². The van der Waals surface area contributed by atoms with Gasteiger partial charge in [0.05, 0.1) is 22.7 Å². The molecule has 0 aliphatic heterocycles. The van der Waals surface area contributed by atoms with E-state index >= 15 is 0 Å². The van der Waals surface area contributed by atoms with Crippen LogP contribution < -0.4 is 4.79 Å². The Morgan fingerprint density at radius 2 is 1.15 bits per heavy atom. The van der Waals surface area contributed by atoms with Crippen LogP contribution in [0, 0.1) is 6.20 Å². The summed E-state index contributed by atoms with van der Waals surface area (Å²) in [5.74, 6) is 1.68. The van der Waals surface area contributed by atoms with E-state index in [0.29, 0.717) is 0 Å². The van der Waals surface area contributed by atoms with Gasteiger partial charge in [0.25, 0.3) is 0 Å². The lowest BCUT2D eigenvalue weighted by Gasteiger charge is -2.10. The number of hydrogen-bond acceptors (Lipinski definition) is 2. The van der Waals surface area contributed by atoms with Gasteiger partial charge in [-0.15, -0.1) is 10.7 Å². The van der Waals surface area contributed by atoms with Crippen molar-refractivity contribution in [2.24, 2.45) is 7.05 Å². The number of para-hydroxylation sites is 3. The second-order valence-corrected chi connectivity index (χ2v) is 10.3. The Kier molecular flexibility index (Phi) is 4.41. The van der Waals surface area contributed by atoms with Gasteiger partial charge in [-0.1, -0.05) is 65.6 Å². The van der Waals surface area contributed by atoms with Crippen LogP contribution >= 0.6 is 0 Å². The van der Waals surface area contributed by atoms with Gasteiger partial charge in [0, 0.05) is 34.0 Å². The van der Waals surface area contributed by atoms with E-state index in [9.17, 15) is 0 Å². The first-order valence-corrected chi connectivity index (χ1v) is 13.6. The van der Waals surface area contributed by atoms with Gasteiger partial charge in [0.1, 0.15) is 23.5 Å². The molecule has 0 saturated carbocycles. The van der Waals surface area contributed by atoms with Gasteiger partial charge < -0.3 is 0 Å². The lowest BCUT2D eigenvalue weighted by molar-refractivity contribution is -0.801. The molecule has 0 amide bonds. The van der Waals surface area contributed by atoms with E-state index in [1.807, 2.05) is 39.7 Å². The molecule has 0 N–H and O–H groups in total. The molecule has 7 nitrogen and oxygen atoms in total. The number of nitrogens with zero attached hydrogens (tertiary/aromatic N) is 7. The van der Waals surface area contributed by atoms with E-state index in [1.165, 1.54) is 10.8 Å². The molecule has 194 valence electrons. The maximum absolute atomic E-state index is 5.35. The van der Waals surface area contributed by atoms with Gasteiger partial charge in [-0.25, -0.2) is 14.6 Å². The fourth-order valence-electron chi connectivity index (χ4n) is 6.19. The van der Waals surface area contributed by atoms with Crippen LogP contribution in [0.2, 0.25) is 0 Å². The molecule has 41 heavy (non-hydrogen) atoms. The summed E-state index contributed by atoms with van der Waals surface area (Å²) in [5.41, 5.74) is 5.05. The number of pyridine rings is 2. The first-order valence-electron chi connectivity index (χ1n) is 13.6. The Balaban J connectivity index is 1.35. The molecule has 0 radical (unpaired) electrons. The third kappa shape index (κ3) is 3.05. The fraction of sp³-hybridized carbons (Fsp3) is 0.0294. The van der Waals surface area contributed by atoms with E-state index in [1.54, 1.807) is 0 Å². The number of rotatable bonds is 3. The zero-order valence-electron chi connectivity index (χ0n) is 22.2. The second-order valence-electron chi connectivity index (χ2n) is 10.3. The smallest absolute Gasteiger partial charge is 0.203 e. The first kappa shape index (κ1) is 22.2. The fourth-order valence-corrected chi connectivity index (χ4v) is 6.19. The maximum atomic E-state index is 5.35. The highest BCUT2D eigenvalue weighted by atomic mass is 15.6. The van der Waals surface area contributed by atoms with Crippen molar-refractivity contribution in [3.8, 4) is 11.6 Å². The molecule has 3 aromatic carbocycles. The summed E-state index contributed by atoms with van der Waals surface area (Å²) < 4.78 is 8.41. The van der Waals surface area contributed by atoms with Crippen LogP contribution in [0.5, 0.6) is 0 Å². The van der Waals surface area contributed by atoms with Crippen molar-refractivity contribution in [3.63, 3.8) is 0 Å². The summed E-state index contributed by atoms with van der Waals surface area (Å²) in [6, 6.07) is 38.0. The van der Waals surface area contributed by atoms with E-state index in [2.05, 4.69) is 118 Å². The molecule has 0 fully saturated rings. The molecule has 0 spiro atoms. The average molecular weight is 530 g/mol. The Hall–Kier alpha value is -5.69. The maximum Gasteiger partial charge on any atom is 0.203 e. The highest BCUT2D eigenvalue weighted by Gasteiger charge is 2.19. The van der Waals surface area contributed by atoms with Gasteiger partial charge in [-0.3, -0.25) is 9.13 Å². The van der Waals surface area contributed by atoms with Crippen molar-refractivity contribution in [1.29, 1.82) is 0 Å². The third-order valence-electron chi connectivity index (χ3n) is 8.03. The Morgan fingerprint density at radius 3 is 1.83 bits per heavy atom. The van der Waals surface area contributed by atoms with Crippen LogP contribution in [-0.2, 0) is 7.05 Å². The molecule has 7 heteroatoms. The minimum atomic E-state index is 0.810. The molecular weight excluding hydrogens is 506 g/mol. The van der Waals surface area contributed by atoms with Gasteiger partial charge in [-0.05, 0) is 48.5 Å². The summed E-state index contributed by atoms with van der Waals surface area (Å²) in [4.78, 5) is 12.4.